The number of hydrogen-bond acceptors (Lipinski definition) is 6. The lowest BCUT2D eigenvalue weighted by Crippen LogP contribution is -2.30. The average Bonchev–Trinajstić information content (AvgIpc) is 3.24. The van der Waals surface area contributed by atoms with Crippen LogP contribution in [-0.2, 0) is 21.0 Å². The molecule has 1 fully saturated rings. The number of amides is 1. The van der Waals surface area contributed by atoms with Gasteiger partial charge in [-0.2, -0.15) is 13.2 Å². The van der Waals surface area contributed by atoms with Gasteiger partial charge in [-0.1, -0.05) is 12.1 Å². The van der Waals surface area contributed by atoms with E-state index in [0.29, 0.717) is 15.3 Å². The van der Waals surface area contributed by atoms with E-state index in [0.717, 1.165) is 24.3 Å². The van der Waals surface area contributed by atoms with Crippen LogP contribution in [0.3, 0.4) is 0 Å². The highest BCUT2D eigenvalue weighted by molar-refractivity contribution is 7.91. The molecule has 7 nitrogen and oxygen atoms in total. The fourth-order valence-electron chi connectivity index (χ4n) is 3.64. The second-order valence-electron chi connectivity index (χ2n) is 7.40. The molecule has 1 saturated heterocycles. The number of carbonyl (C=O) groups excluding carboxylic acids is 2. The van der Waals surface area contributed by atoms with E-state index in [2.05, 4.69) is 4.99 Å². The Morgan fingerprint density at radius 2 is 1.79 bits per heavy atom. The Labute approximate surface area is 186 Å². The number of sulfonamides is 1. The summed E-state index contributed by atoms with van der Waals surface area (Å²) in [4.78, 5) is 28.7. The molecule has 1 aliphatic heterocycles. The summed E-state index contributed by atoms with van der Waals surface area (Å²) in [6, 6.07) is 9.64. The van der Waals surface area contributed by atoms with Gasteiger partial charge in [0.05, 0.1) is 11.3 Å². The van der Waals surface area contributed by atoms with Crippen LogP contribution in [0.4, 0.5) is 18.9 Å². The summed E-state index contributed by atoms with van der Waals surface area (Å²) in [6.45, 7) is 2.66. The third-order valence-electron chi connectivity index (χ3n) is 5.22. The molecule has 33 heavy (non-hydrogen) atoms. The summed E-state index contributed by atoms with van der Waals surface area (Å²) in [5, 5.41) is -1.03. The number of rotatable bonds is 4. The lowest BCUT2D eigenvalue weighted by atomic mass is 10.0. The van der Waals surface area contributed by atoms with Crippen LogP contribution < -0.4 is 0 Å². The van der Waals surface area contributed by atoms with Gasteiger partial charge >= 0.3 is 6.18 Å². The van der Waals surface area contributed by atoms with Crippen molar-refractivity contribution in [2.24, 2.45) is 4.99 Å². The van der Waals surface area contributed by atoms with Crippen molar-refractivity contribution in [2.75, 3.05) is 6.54 Å². The van der Waals surface area contributed by atoms with Crippen molar-refractivity contribution in [1.82, 2.24) is 4.31 Å². The van der Waals surface area contributed by atoms with Crippen LogP contribution >= 0.6 is 0 Å². The molecule has 0 spiro atoms. The molecular weight excluding hydrogens is 461 g/mol. The third kappa shape index (κ3) is 3.92. The van der Waals surface area contributed by atoms with Gasteiger partial charge in [-0.3, -0.25) is 9.59 Å². The van der Waals surface area contributed by atoms with Gasteiger partial charge in [0.15, 0.2) is 16.8 Å². The molecule has 1 amide bonds. The zero-order valence-corrected chi connectivity index (χ0v) is 18.2. The molecule has 2 heterocycles. The molecule has 0 N–H and O–H groups in total. The van der Waals surface area contributed by atoms with Gasteiger partial charge < -0.3 is 4.42 Å². The van der Waals surface area contributed by atoms with E-state index in [1.165, 1.54) is 38.1 Å². The first-order valence-electron chi connectivity index (χ1n) is 9.79. The number of halogens is 3. The maximum absolute atomic E-state index is 13.1. The van der Waals surface area contributed by atoms with Gasteiger partial charge in [-0.15, -0.1) is 0 Å². The van der Waals surface area contributed by atoms with E-state index in [-0.39, 0.29) is 35.1 Å². The lowest BCUT2D eigenvalue weighted by molar-refractivity contribution is -0.137. The number of fused-ring (bicyclic) bond motifs is 1. The zero-order chi connectivity index (χ0) is 24.1. The maximum Gasteiger partial charge on any atom is 0.416 e. The van der Waals surface area contributed by atoms with Crippen molar-refractivity contribution in [3.63, 3.8) is 0 Å². The number of benzene rings is 2. The predicted octanol–water partition coefficient (Wildman–Crippen LogP) is 4.66. The molecule has 1 atom stereocenters. The Kier molecular flexibility index (Phi) is 5.39. The maximum atomic E-state index is 13.1. The van der Waals surface area contributed by atoms with Crippen LogP contribution in [0.15, 0.2) is 57.9 Å². The molecule has 4 rings (SSSR count). The van der Waals surface area contributed by atoms with Crippen molar-refractivity contribution in [1.29, 1.82) is 0 Å². The number of hydrogen-bond donors (Lipinski definition) is 0. The van der Waals surface area contributed by atoms with E-state index in [1.807, 2.05) is 0 Å². The van der Waals surface area contributed by atoms with E-state index >= 15 is 0 Å². The number of alkyl halides is 3. The Bertz CT molecular complexity index is 1410. The normalized spacial score (nSPS) is 19.5. The number of carbonyl (C=O) groups is 2. The fourth-order valence-corrected chi connectivity index (χ4v) is 5.52. The molecule has 0 radical (unpaired) electrons. The van der Waals surface area contributed by atoms with Gasteiger partial charge in [0.25, 0.3) is 15.9 Å². The summed E-state index contributed by atoms with van der Waals surface area (Å²) in [6.07, 6.45) is -4.59. The van der Waals surface area contributed by atoms with Crippen LogP contribution in [0.2, 0.25) is 0 Å². The van der Waals surface area contributed by atoms with Crippen LogP contribution in [0, 0.1) is 0 Å². The first-order valence-corrected chi connectivity index (χ1v) is 11.3. The summed E-state index contributed by atoms with van der Waals surface area (Å²) in [5.41, 5.74) is -0.637. The molecule has 3 aromatic rings. The molecule has 0 saturated carbocycles. The summed E-state index contributed by atoms with van der Waals surface area (Å²) in [5.74, 6) is -0.995. The monoisotopic (exact) mass is 478 g/mol. The van der Waals surface area contributed by atoms with Crippen molar-refractivity contribution in [2.45, 2.75) is 25.3 Å². The molecule has 1 aliphatic rings. The molecule has 172 valence electrons. The van der Waals surface area contributed by atoms with Crippen LogP contribution in [-0.4, -0.2) is 36.7 Å². The molecule has 1 aromatic heterocycles. The smallest absolute Gasteiger partial charge is 0.416 e. The second kappa shape index (κ2) is 7.84. The van der Waals surface area contributed by atoms with Gasteiger partial charge in [-0.05, 0) is 48.9 Å². The predicted molar refractivity (Wildman–Crippen MR) is 114 cm³/mol. The van der Waals surface area contributed by atoms with Gasteiger partial charge in [0.1, 0.15) is 11.3 Å². The summed E-state index contributed by atoms with van der Waals surface area (Å²) < 4.78 is 71.0. The van der Waals surface area contributed by atoms with Gasteiger partial charge in [0.2, 0.25) is 0 Å². The summed E-state index contributed by atoms with van der Waals surface area (Å²) >= 11 is 0. The highest BCUT2D eigenvalue weighted by Crippen LogP contribution is 2.38. The number of furan rings is 1. The van der Waals surface area contributed by atoms with Crippen LogP contribution in [0.1, 0.15) is 40.8 Å². The Balaban J connectivity index is 1.83. The van der Waals surface area contributed by atoms with Crippen LogP contribution in [0.25, 0.3) is 11.0 Å². The standard InChI is InChI=1S/C22H17F3N2O5S/c1-3-27-21(29)19(26-16-8-9-17-14(10-16)11-18(32-17)12(2)28)20(33(27,30)31)13-4-6-15(7-5-13)22(23,24)25/h4-11,20H,3H2,1-2H3. The van der Waals surface area contributed by atoms with Crippen molar-refractivity contribution in [3.8, 4) is 0 Å². The SMILES string of the molecule is CCN1C(=O)C(=Nc2ccc3oc(C(C)=O)cc3c2)C(c2ccc(C(F)(F)F)cc2)S1(=O)=O. The topological polar surface area (TPSA) is 97.0 Å². The second-order valence-corrected chi connectivity index (χ2v) is 9.34. The minimum Gasteiger partial charge on any atom is -0.453 e. The zero-order valence-electron chi connectivity index (χ0n) is 17.4. The Morgan fingerprint density at radius 1 is 1.12 bits per heavy atom. The highest BCUT2D eigenvalue weighted by Gasteiger charge is 2.50. The van der Waals surface area contributed by atoms with E-state index < -0.39 is 32.9 Å². The van der Waals surface area contributed by atoms with E-state index in [9.17, 15) is 31.2 Å². The average molecular weight is 478 g/mol. The Morgan fingerprint density at radius 3 is 2.36 bits per heavy atom. The number of Topliss-reactive ketones (excluding diaryl/α,β-unsaturated/α-hetero) is 1. The lowest BCUT2D eigenvalue weighted by Gasteiger charge is -2.15. The van der Waals surface area contributed by atoms with E-state index in [1.54, 1.807) is 0 Å². The van der Waals surface area contributed by atoms with Crippen molar-refractivity contribution in [3.05, 3.63) is 65.4 Å². The first-order chi connectivity index (χ1) is 15.4. The summed E-state index contributed by atoms with van der Waals surface area (Å²) in [7, 11) is -4.24. The molecular formula is C22H17F3N2O5S. The van der Waals surface area contributed by atoms with Crippen molar-refractivity contribution >= 4 is 44.1 Å². The molecule has 1 unspecified atom stereocenters. The van der Waals surface area contributed by atoms with Gasteiger partial charge in [0, 0.05) is 18.9 Å². The van der Waals surface area contributed by atoms with E-state index in [4.69, 9.17) is 4.42 Å². The largest absolute Gasteiger partial charge is 0.453 e. The number of ketones is 1. The highest BCUT2D eigenvalue weighted by atomic mass is 32.2. The number of nitrogens with zero attached hydrogens (tertiary/aromatic N) is 2. The Hall–Kier alpha value is -3.47. The first kappa shape index (κ1) is 22.7. The molecule has 11 heteroatoms. The fraction of sp³-hybridized carbons (Fsp3) is 0.227. The van der Waals surface area contributed by atoms with Crippen LogP contribution in [0.5, 0.6) is 0 Å². The molecule has 0 aliphatic carbocycles. The minimum atomic E-state index is -4.59. The van der Waals surface area contributed by atoms with Crippen molar-refractivity contribution < 1.29 is 35.6 Å². The molecule has 2 aromatic carbocycles. The number of aliphatic imine (C=N–C) groups is 1. The van der Waals surface area contributed by atoms with Gasteiger partial charge in [-0.25, -0.2) is 17.7 Å². The molecule has 0 bridgehead atoms. The third-order valence-corrected chi connectivity index (χ3v) is 7.35. The quantitative estimate of drug-likeness (QED) is 0.508. The minimum absolute atomic E-state index is 0.00527.